The largest absolute Gasteiger partial charge is 0.444 e. The number of halogens is 3. The lowest BCUT2D eigenvalue weighted by atomic mass is 9.78. The highest BCUT2D eigenvalue weighted by molar-refractivity contribution is 14.1. The van der Waals surface area contributed by atoms with E-state index >= 15 is 4.39 Å². The molecule has 4 N–H and O–H groups in total. The van der Waals surface area contributed by atoms with Crippen molar-refractivity contribution >= 4 is 78.6 Å². The molecule has 1 saturated carbocycles. The van der Waals surface area contributed by atoms with Gasteiger partial charge in [0.15, 0.2) is 11.6 Å². The van der Waals surface area contributed by atoms with Gasteiger partial charge in [-0.1, -0.05) is 0 Å². The number of benzene rings is 1. The monoisotopic (exact) mass is 632 g/mol. The normalized spacial score (nSPS) is 23.8. The summed E-state index contributed by atoms with van der Waals surface area (Å²) >= 11 is 5.34. The molecule has 176 valence electrons. The Morgan fingerprint density at radius 1 is 1.45 bits per heavy atom. The molecule has 0 radical (unpaired) electrons. The van der Waals surface area contributed by atoms with Crippen molar-refractivity contribution in [2.45, 2.75) is 44.9 Å². The fourth-order valence-electron chi connectivity index (χ4n) is 5.06. The number of anilines is 3. The van der Waals surface area contributed by atoms with Crippen molar-refractivity contribution < 1.29 is 18.7 Å². The van der Waals surface area contributed by atoms with Crippen molar-refractivity contribution in [3.8, 4) is 0 Å². The van der Waals surface area contributed by atoms with Crippen LogP contribution in [0.2, 0.25) is 0 Å². The van der Waals surface area contributed by atoms with Crippen LogP contribution < -0.4 is 21.5 Å². The van der Waals surface area contributed by atoms with Crippen molar-refractivity contribution in [1.82, 2.24) is 9.88 Å². The maximum absolute atomic E-state index is 15.2. The summed E-state index contributed by atoms with van der Waals surface area (Å²) in [6, 6.07) is 1.65. The van der Waals surface area contributed by atoms with Crippen molar-refractivity contribution in [3.05, 3.63) is 19.9 Å². The predicted octanol–water partition coefficient (Wildman–Crippen LogP) is 3.79. The lowest BCUT2D eigenvalue weighted by molar-refractivity contribution is -0.115. The number of pyridine rings is 1. The maximum atomic E-state index is 15.2. The molecule has 3 fully saturated rings. The molecule has 2 saturated heterocycles. The summed E-state index contributed by atoms with van der Waals surface area (Å²) < 4.78 is 21.8. The number of rotatable bonds is 2. The van der Waals surface area contributed by atoms with E-state index in [9.17, 15) is 9.59 Å². The van der Waals surface area contributed by atoms with Gasteiger partial charge in [-0.3, -0.25) is 4.79 Å². The van der Waals surface area contributed by atoms with Crippen LogP contribution in [-0.4, -0.2) is 52.7 Å². The zero-order chi connectivity index (χ0) is 23.8. The molecule has 3 atom stereocenters. The van der Waals surface area contributed by atoms with E-state index < -0.39 is 11.4 Å². The molecule has 1 aromatic carbocycles. The summed E-state index contributed by atoms with van der Waals surface area (Å²) in [4.78, 5) is 33.5. The molecule has 1 aromatic heterocycles. The lowest BCUT2D eigenvalue weighted by Crippen LogP contribution is -2.59. The quantitative estimate of drug-likeness (QED) is 0.200. The Bertz CT molecular complexity index is 1210. The van der Waals surface area contributed by atoms with Gasteiger partial charge < -0.3 is 25.3 Å². The highest BCUT2D eigenvalue weighted by Gasteiger charge is 2.58. The highest BCUT2D eigenvalue weighted by Crippen LogP contribution is 2.51. The minimum absolute atomic E-state index is 0.0875. The Balaban J connectivity index is 1.61. The standard InChI is InChI=1S/C21H23BrFIN6O3/c1-21(2,3)33-20(32)29-6-8-4-11(29)17(8)30-7-12(31)26-16-18(30)9-5-10(24)13(22)14(23)15(9)27-19(16)28-25/h5,8,11,17H,4,6-7,25H2,1-3H3,(H,26,31)(H,27,28). The lowest BCUT2D eigenvalue weighted by Gasteiger charge is -2.47. The second-order valence-electron chi connectivity index (χ2n) is 9.57. The molecule has 2 bridgehead atoms. The number of nitrogens with zero attached hydrogens (tertiary/aromatic N) is 3. The van der Waals surface area contributed by atoms with Gasteiger partial charge in [-0.05, 0) is 71.8 Å². The Kier molecular flexibility index (Phi) is 5.40. The first kappa shape index (κ1) is 22.8. The van der Waals surface area contributed by atoms with Crippen LogP contribution in [0.25, 0.3) is 10.9 Å². The van der Waals surface area contributed by atoms with Gasteiger partial charge in [0.2, 0.25) is 5.91 Å². The number of amides is 2. The molecule has 3 unspecified atom stereocenters. The van der Waals surface area contributed by atoms with Crippen LogP contribution in [0.3, 0.4) is 0 Å². The summed E-state index contributed by atoms with van der Waals surface area (Å²) in [6.45, 7) is 6.15. The number of carbonyl (C=O) groups is 2. The van der Waals surface area contributed by atoms with Gasteiger partial charge in [-0.15, -0.1) is 0 Å². The van der Waals surface area contributed by atoms with E-state index in [2.05, 4.69) is 54.2 Å². The van der Waals surface area contributed by atoms with E-state index in [1.54, 1.807) is 4.90 Å². The van der Waals surface area contributed by atoms with E-state index in [-0.39, 0.29) is 47.9 Å². The molecule has 1 aliphatic carbocycles. The maximum Gasteiger partial charge on any atom is 0.410 e. The predicted molar refractivity (Wildman–Crippen MR) is 135 cm³/mol. The van der Waals surface area contributed by atoms with Crippen LogP contribution in [0.5, 0.6) is 0 Å². The highest BCUT2D eigenvalue weighted by atomic mass is 127. The fraction of sp³-hybridized carbons (Fsp3) is 0.476. The molecule has 4 aliphatic rings. The summed E-state index contributed by atoms with van der Waals surface area (Å²) in [6.07, 6.45) is 0.479. The smallest absolute Gasteiger partial charge is 0.410 e. The van der Waals surface area contributed by atoms with Crippen molar-refractivity contribution in [3.63, 3.8) is 0 Å². The van der Waals surface area contributed by atoms with E-state index in [1.807, 2.05) is 31.7 Å². The SMILES string of the molecule is CC(C)(C)OC(=O)N1CC2CC1C2N1CC(=O)Nc2c(NN)nc3c(F)c(Br)c(I)cc3c21. The summed E-state index contributed by atoms with van der Waals surface area (Å²) in [5, 5.41) is 3.42. The molecular weight excluding hydrogens is 610 g/mol. The average molecular weight is 633 g/mol. The van der Waals surface area contributed by atoms with Gasteiger partial charge in [0.05, 0.1) is 28.8 Å². The zero-order valence-electron chi connectivity index (χ0n) is 18.2. The second kappa shape index (κ2) is 7.80. The Morgan fingerprint density at radius 2 is 2.18 bits per heavy atom. The number of carbonyl (C=O) groups excluding carboxylic acids is 2. The number of nitrogens with one attached hydrogen (secondary N) is 2. The third-order valence-electron chi connectivity index (χ3n) is 6.33. The molecule has 2 amide bonds. The van der Waals surface area contributed by atoms with Crippen LogP contribution in [-0.2, 0) is 9.53 Å². The first-order valence-corrected chi connectivity index (χ1v) is 12.4. The molecule has 0 spiro atoms. The number of fused-ring (bicyclic) bond motifs is 4. The van der Waals surface area contributed by atoms with Gasteiger partial charge in [0, 0.05) is 21.4 Å². The molecule has 6 rings (SSSR count). The number of nitrogen functional groups attached to an aromatic ring is 1. The molecule has 3 aliphatic heterocycles. The van der Waals surface area contributed by atoms with Crippen molar-refractivity contribution in [2.75, 3.05) is 28.7 Å². The van der Waals surface area contributed by atoms with E-state index in [4.69, 9.17) is 10.6 Å². The molecule has 4 heterocycles. The molecule has 33 heavy (non-hydrogen) atoms. The average Bonchev–Trinajstić information content (AvgIpc) is 3.31. The van der Waals surface area contributed by atoms with Crippen LogP contribution in [0.4, 0.5) is 26.4 Å². The van der Waals surface area contributed by atoms with Gasteiger partial charge >= 0.3 is 6.09 Å². The molecule has 9 nitrogen and oxygen atoms in total. The number of hydrogen-bond donors (Lipinski definition) is 3. The van der Waals surface area contributed by atoms with Crippen LogP contribution in [0, 0.1) is 15.3 Å². The minimum atomic E-state index is -0.595. The Labute approximate surface area is 211 Å². The summed E-state index contributed by atoms with van der Waals surface area (Å²) in [5.41, 5.74) is 3.11. The second-order valence-corrected chi connectivity index (χ2v) is 11.5. The van der Waals surface area contributed by atoms with Gasteiger partial charge in [0.1, 0.15) is 16.8 Å². The fourth-order valence-corrected chi connectivity index (χ4v) is 5.91. The number of hydrogen-bond acceptors (Lipinski definition) is 7. The van der Waals surface area contributed by atoms with Gasteiger partial charge in [-0.25, -0.2) is 20.0 Å². The number of nitrogens with two attached hydrogens (primary N) is 1. The summed E-state index contributed by atoms with van der Waals surface area (Å²) in [7, 11) is 0. The van der Waals surface area contributed by atoms with E-state index in [0.29, 0.717) is 31.3 Å². The van der Waals surface area contributed by atoms with E-state index in [0.717, 1.165) is 6.42 Å². The first-order chi connectivity index (χ1) is 15.5. The first-order valence-electron chi connectivity index (χ1n) is 10.5. The Morgan fingerprint density at radius 3 is 2.85 bits per heavy atom. The van der Waals surface area contributed by atoms with E-state index in [1.165, 1.54) is 0 Å². The zero-order valence-corrected chi connectivity index (χ0v) is 22.0. The minimum Gasteiger partial charge on any atom is -0.444 e. The third kappa shape index (κ3) is 3.60. The third-order valence-corrected chi connectivity index (χ3v) is 8.70. The molecule has 12 heteroatoms. The van der Waals surface area contributed by atoms with Crippen molar-refractivity contribution in [1.29, 1.82) is 0 Å². The number of aromatic nitrogens is 1. The van der Waals surface area contributed by atoms with Crippen LogP contribution >= 0.6 is 38.5 Å². The van der Waals surface area contributed by atoms with Crippen LogP contribution in [0.15, 0.2) is 10.5 Å². The van der Waals surface area contributed by atoms with Gasteiger partial charge in [0.25, 0.3) is 0 Å². The number of hydrazine groups is 1. The van der Waals surface area contributed by atoms with Crippen LogP contribution in [0.1, 0.15) is 27.2 Å². The van der Waals surface area contributed by atoms with Gasteiger partial charge in [-0.2, -0.15) is 0 Å². The topological polar surface area (TPSA) is 113 Å². The Hall–Kier alpha value is -1.93. The van der Waals surface area contributed by atoms with Crippen molar-refractivity contribution in [2.24, 2.45) is 11.8 Å². The summed E-state index contributed by atoms with van der Waals surface area (Å²) in [5.74, 6) is 5.33. The molecule has 2 aromatic rings. The number of ether oxygens (including phenoxy) is 1. The molecular formula is C21H23BrFIN6O3.